The fraction of sp³-hybridized carbons (Fsp3) is 0.562. The van der Waals surface area contributed by atoms with Gasteiger partial charge in [0.1, 0.15) is 6.10 Å². The second-order valence-corrected chi connectivity index (χ2v) is 5.27. The Labute approximate surface area is 115 Å². The molecule has 1 fully saturated rings. The number of carbonyl (C=O) groups is 1. The van der Waals surface area contributed by atoms with Crippen LogP contribution in [0.3, 0.4) is 0 Å². The first-order valence-electron chi connectivity index (χ1n) is 7.14. The van der Waals surface area contributed by atoms with Crippen LogP contribution < -0.4 is 0 Å². The lowest BCUT2D eigenvalue weighted by atomic mass is 9.96. The molecule has 0 spiro atoms. The molecule has 3 heteroatoms. The summed E-state index contributed by atoms with van der Waals surface area (Å²) in [4.78, 5) is 13.6. The Morgan fingerprint density at radius 1 is 1.37 bits per heavy atom. The molecule has 1 saturated heterocycles. The third-order valence-corrected chi connectivity index (χ3v) is 3.82. The fourth-order valence-electron chi connectivity index (χ4n) is 2.86. The summed E-state index contributed by atoms with van der Waals surface area (Å²) in [5.41, 5.74) is 1.35. The number of benzene rings is 1. The smallest absolute Gasteiger partial charge is 0.302 e. The van der Waals surface area contributed by atoms with Gasteiger partial charge in [-0.25, -0.2) is 0 Å². The van der Waals surface area contributed by atoms with E-state index in [2.05, 4.69) is 36.1 Å². The van der Waals surface area contributed by atoms with Crippen molar-refractivity contribution in [1.29, 1.82) is 0 Å². The Kier molecular flexibility index (Phi) is 4.97. The van der Waals surface area contributed by atoms with Crippen molar-refractivity contribution in [2.45, 2.75) is 51.8 Å². The molecular formula is C16H23NO2. The first kappa shape index (κ1) is 14.1. The number of rotatable bonds is 4. The van der Waals surface area contributed by atoms with Crippen molar-refractivity contribution < 1.29 is 9.53 Å². The predicted molar refractivity (Wildman–Crippen MR) is 75.7 cm³/mol. The largest absolute Gasteiger partial charge is 0.462 e. The van der Waals surface area contributed by atoms with Gasteiger partial charge in [-0.3, -0.25) is 9.69 Å². The van der Waals surface area contributed by atoms with Gasteiger partial charge in [0.25, 0.3) is 0 Å². The molecule has 0 saturated carbocycles. The summed E-state index contributed by atoms with van der Waals surface area (Å²) >= 11 is 0. The van der Waals surface area contributed by atoms with Gasteiger partial charge >= 0.3 is 5.97 Å². The van der Waals surface area contributed by atoms with E-state index in [0.717, 1.165) is 32.4 Å². The zero-order valence-electron chi connectivity index (χ0n) is 11.8. The molecule has 0 amide bonds. The molecule has 2 atom stereocenters. The molecule has 0 aliphatic carbocycles. The van der Waals surface area contributed by atoms with Crippen molar-refractivity contribution >= 4 is 5.97 Å². The van der Waals surface area contributed by atoms with Crippen LogP contribution in [-0.4, -0.2) is 29.6 Å². The van der Waals surface area contributed by atoms with Crippen molar-refractivity contribution in [2.75, 3.05) is 6.54 Å². The summed E-state index contributed by atoms with van der Waals surface area (Å²) in [7, 11) is 0. The van der Waals surface area contributed by atoms with Crippen LogP contribution in [-0.2, 0) is 16.1 Å². The third kappa shape index (κ3) is 4.06. The van der Waals surface area contributed by atoms with Gasteiger partial charge in [-0.1, -0.05) is 37.3 Å². The fourth-order valence-corrected chi connectivity index (χ4v) is 2.86. The zero-order chi connectivity index (χ0) is 13.7. The Morgan fingerprint density at radius 3 is 2.74 bits per heavy atom. The predicted octanol–water partition coefficient (Wildman–Crippen LogP) is 2.99. The maximum absolute atomic E-state index is 11.0. The number of carbonyl (C=O) groups excluding carboxylic acids is 1. The van der Waals surface area contributed by atoms with Crippen molar-refractivity contribution in [1.82, 2.24) is 4.90 Å². The van der Waals surface area contributed by atoms with Crippen LogP contribution in [0.15, 0.2) is 30.3 Å². The Balaban J connectivity index is 1.93. The minimum absolute atomic E-state index is 0.106. The second kappa shape index (κ2) is 6.71. The number of esters is 1. The average molecular weight is 261 g/mol. The first-order chi connectivity index (χ1) is 9.19. The SMILES string of the molecule is CCC1CC(OC(C)=O)CCN1Cc1ccccc1. The molecule has 2 rings (SSSR count). The van der Waals surface area contributed by atoms with Crippen LogP contribution >= 0.6 is 0 Å². The first-order valence-corrected chi connectivity index (χ1v) is 7.14. The van der Waals surface area contributed by atoms with Gasteiger partial charge in [0.05, 0.1) is 0 Å². The van der Waals surface area contributed by atoms with Gasteiger partial charge in [-0.15, -0.1) is 0 Å². The number of likely N-dealkylation sites (tertiary alicyclic amines) is 1. The van der Waals surface area contributed by atoms with Crippen LogP contribution in [0.2, 0.25) is 0 Å². The van der Waals surface area contributed by atoms with Gasteiger partial charge in [-0.05, 0) is 24.8 Å². The third-order valence-electron chi connectivity index (χ3n) is 3.82. The Bertz CT molecular complexity index is 404. The van der Waals surface area contributed by atoms with E-state index >= 15 is 0 Å². The van der Waals surface area contributed by atoms with Gasteiger partial charge in [0.2, 0.25) is 0 Å². The molecule has 1 heterocycles. The van der Waals surface area contributed by atoms with Gasteiger partial charge in [0.15, 0.2) is 0 Å². The minimum atomic E-state index is -0.156. The lowest BCUT2D eigenvalue weighted by molar-refractivity contribution is -0.149. The maximum Gasteiger partial charge on any atom is 0.302 e. The molecule has 1 aromatic rings. The molecule has 0 aromatic heterocycles. The van der Waals surface area contributed by atoms with E-state index in [1.165, 1.54) is 12.5 Å². The van der Waals surface area contributed by atoms with Gasteiger partial charge in [-0.2, -0.15) is 0 Å². The van der Waals surface area contributed by atoms with Crippen LogP contribution in [0.25, 0.3) is 0 Å². The Morgan fingerprint density at radius 2 is 2.11 bits per heavy atom. The summed E-state index contributed by atoms with van der Waals surface area (Å²) in [5.74, 6) is -0.156. The van der Waals surface area contributed by atoms with Gasteiger partial charge < -0.3 is 4.74 Å². The molecule has 0 bridgehead atoms. The molecule has 3 nitrogen and oxygen atoms in total. The van der Waals surface area contributed by atoms with Crippen LogP contribution in [0.4, 0.5) is 0 Å². The highest BCUT2D eigenvalue weighted by Gasteiger charge is 2.28. The summed E-state index contributed by atoms with van der Waals surface area (Å²) in [6, 6.07) is 11.1. The van der Waals surface area contributed by atoms with Gasteiger partial charge in [0, 0.05) is 26.1 Å². The van der Waals surface area contributed by atoms with Crippen molar-refractivity contribution in [3.63, 3.8) is 0 Å². The Hall–Kier alpha value is -1.35. The number of nitrogens with zero attached hydrogens (tertiary/aromatic N) is 1. The second-order valence-electron chi connectivity index (χ2n) is 5.27. The molecule has 2 unspecified atom stereocenters. The van der Waals surface area contributed by atoms with Crippen molar-refractivity contribution in [3.05, 3.63) is 35.9 Å². The molecule has 0 radical (unpaired) electrons. The monoisotopic (exact) mass is 261 g/mol. The molecule has 19 heavy (non-hydrogen) atoms. The molecular weight excluding hydrogens is 238 g/mol. The zero-order valence-corrected chi connectivity index (χ0v) is 11.8. The molecule has 104 valence electrons. The normalized spacial score (nSPS) is 24.1. The maximum atomic E-state index is 11.0. The minimum Gasteiger partial charge on any atom is -0.462 e. The number of hydrogen-bond acceptors (Lipinski definition) is 3. The van der Waals surface area contributed by atoms with Crippen molar-refractivity contribution in [2.24, 2.45) is 0 Å². The summed E-state index contributed by atoms with van der Waals surface area (Å²) < 4.78 is 5.36. The van der Waals surface area contributed by atoms with E-state index in [1.54, 1.807) is 0 Å². The standard InChI is InChI=1S/C16H23NO2/c1-3-15-11-16(19-13(2)18)9-10-17(15)12-14-7-5-4-6-8-14/h4-8,15-16H,3,9-12H2,1-2H3. The lowest BCUT2D eigenvalue weighted by Gasteiger charge is -2.38. The van der Waals surface area contributed by atoms with Crippen molar-refractivity contribution in [3.8, 4) is 0 Å². The number of hydrogen-bond donors (Lipinski definition) is 0. The molecule has 1 aliphatic heterocycles. The van der Waals surface area contributed by atoms with E-state index in [1.807, 2.05) is 6.07 Å². The summed E-state index contributed by atoms with van der Waals surface area (Å²) in [5, 5.41) is 0. The van der Waals surface area contributed by atoms with E-state index < -0.39 is 0 Å². The van der Waals surface area contributed by atoms with E-state index in [4.69, 9.17) is 4.74 Å². The highest BCUT2D eigenvalue weighted by atomic mass is 16.5. The van der Waals surface area contributed by atoms with E-state index in [9.17, 15) is 4.79 Å². The summed E-state index contributed by atoms with van der Waals surface area (Å²) in [6.45, 7) is 5.70. The van der Waals surface area contributed by atoms with Crippen LogP contribution in [0.1, 0.15) is 38.7 Å². The number of piperidine rings is 1. The summed E-state index contributed by atoms with van der Waals surface area (Å²) in [6.07, 6.45) is 3.12. The van der Waals surface area contributed by atoms with E-state index in [-0.39, 0.29) is 12.1 Å². The highest BCUT2D eigenvalue weighted by Crippen LogP contribution is 2.24. The molecule has 0 N–H and O–H groups in total. The topological polar surface area (TPSA) is 29.5 Å². The molecule has 1 aromatic carbocycles. The highest BCUT2D eigenvalue weighted by molar-refractivity contribution is 5.66. The van der Waals surface area contributed by atoms with E-state index in [0.29, 0.717) is 6.04 Å². The lowest BCUT2D eigenvalue weighted by Crippen LogP contribution is -2.44. The van der Waals surface area contributed by atoms with Crippen LogP contribution in [0.5, 0.6) is 0 Å². The van der Waals surface area contributed by atoms with Crippen LogP contribution in [0, 0.1) is 0 Å². The quantitative estimate of drug-likeness (QED) is 0.780. The molecule has 1 aliphatic rings. The number of ether oxygens (including phenoxy) is 1. The average Bonchev–Trinajstić information content (AvgIpc) is 2.41.